The van der Waals surface area contributed by atoms with Gasteiger partial charge in [-0.05, 0) is 24.3 Å². The number of nitrogens with one attached hydrogen (secondary N) is 4. The Balaban J connectivity index is 1.77. The summed E-state index contributed by atoms with van der Waals surface area (Å²) in [5.74, 6) is -3.99. The van der Waals surface area contributed by atoms with E-state index < -0.39 is 46.7 Å². The molecule has 0 aliphatic rings. The molecule has 0 aliphatic heterocycles. The monoisotopic (exact) mass is 374 g/mol. The molecule has 0 spiro atoms. The van der Waals surface area contributed by atoms with Gasteiger partial charge in [-0.1, -0.05) is 12.1 Å². The summed E-state index contributed by atoms with van der Waals surface area (Å²) in [4.78, 5) is 47.6. The fourth-order valence-electron chi connectivity index (χ4n) is 2.49. The topological polar surface area (TPSA) is 124 Å². The number of halogens is 2. The van der Waals surface area contributed by atoms with E-state index in [0.29, 0.717) is 0 Å². The summed E-state index contributed by atoms with van der Waals surface area (Å²) in [7, 11) is 0. The molecule has 0 saturated heterocycles. The molecule has 3 aromatic rings. The molecule has 4 N–H and O–H groups in total. The Labute approximate surface area is 149 Å². The zero-order valence-electron chi connectivity index (χ0n) is 13.6. The van der Waals surface area contributed by atoms with E-state index in [4.69, 9.17) is 0 Å². The number of amides is 2. The van der Waals surface area contributed by atoms with Gasteiger partial charge in [0.25, 0.3) is 17.0 Å². The maximum atomic E-state index is 13.6. The van der Waals surface area contributed by atoms with E-state index in [1.54, 1.807) is 0 Å². The molecule has 3 rings (SSSR count). The fraction of sp³-hybridized carbons (Fsp3) is 0.0588. The molecule has 0 saturated carbocycles. The van der Waals surface area contributed by atoms with Gasteiger partial charge < -0.3 is 10.6 Å². The first kappa shape index (κ1) is 18.0. The normalized spacial score (nSPS) is 10.6. The molecular weight excluding hydrogens is 362 g/mol. The van der Waals surface area contributed by atoms with Crippen LogP contribution in [0, 0.1) is 11.6 Å². The van der Waals surface area contributed by atoms with Crippen LogP contribution in [0.15, 0.2) is 46.0 Å². The van der Waals surface area contributed by atoms with Crippen molar-refractivity contribution in [1.82, 2.24) is 15.5 Å². The molecule has 0 aliphatic carbocycles. The number of carbonyl (C=O) groups excluding carboxylic acids is 2. The lowest BCUT2D eigenvalue weighted by Crippen LogP contribution is -2.34. The van der Waals surface area contributed by atoms with Crippen LogP contribution in [0.4, 0.5) is 14.5 Å². The third kappa shape index (κ3) is 3.59. The lowest BCUT2D eigenvalue weighted by Gasteiger charge is -2.09. The fourth-order valence-corrected chi connectivity index (χ4v) is 2.49. The van der Waals surface area contributed by atoms with Crippen molar-refractivity contribution in [3.63, 3.8) is 0 Å². The van der Waals surface area contributed by atoms with Gasteiger partial charge in [-0.15, -0.1) is 0 Å². The predicted octanol–water partition coefficient (Wildman–Crippen LogP) is 0.863. The number of rotatable bonds is 4. The van der Waals surface area contributed by atoms with Crippen molar-refractivity contribution in [3.8, 4) is 0 Å². The molecule has 1 heterocycles. The predicted molar refractivity (Wildman–Crippen MR) is 92.5 cm³/mol. The number of carbonyl (C=O) groups is 2. The molecule has 0 unspecified atom stereocenters. The average Bonchev–Trinajstić information content (AvgIpc) is 2.63. The maximum Gasteiger partial charge on any atom is 0.272 e. The minimum Gasteiger partial charge on any atom is -0.343 e. The highest BCUT2D eigenvalue weighted by molar-refractivity contribution is 6.04. The van der Waals surface area contributed by atoms with Crippen LogP contribution < -0.4 is 21.8 Å². The van der Waals surface area contributed by atoms with Crippen LogP contribution in [0.2, 0.25) is 0 Å². The summed E-state index contributed by atoms with van der Waals surface area (Å²) in [5.41, 5.74) is -1.93. The Bertz CT molecular complexity index is 1150. The zero-order valence-corrected chi connectivity index (χ0v) is 13.6. The average molecular weight is 374 g/mol. The zero-order chi connectivity index (χ0) is 19.6. The lowest BCUT2D eigenvalue weighted by molar-refractivity contribution is -0.115. The molecule has 2 amide bonds. The SMILES string of the molecule is O=C(CNC(=O)c1c(F)cccc1F)Nc1cccc2c(=O)[nH][nH]c(=O)c12. The van der Waals surface area contributed by atoms with E-state index in [-0.39, 0.29) is 16.5 Å². The van der Waals surface area contributed by atoms with Crippen molar-refractivity contribution in [3.05, 3.63) is 74.3 Å². The molecule has 8 nitrogen and oxygen atoms in total. The number of aromatic amines is 2. The third-order valence-electron chi connectivity index (χ3n) is 3.70. The molecule has 0 fully saturated rings. The van der Waals surface area contributed by atoms with E-state index in [0.717, 1.165) is 18.2 Å². The number of hydrogen-bond donors (Lipinski definition) is 4. The van der Waals surface area contributed by atoms with Crippen molar-refractivity contribution < 1.29 is 18.4 Å². The Morgan fingerprint density at radius 1 is 0.926 bits per heavy atom. The van der Waals surface area contributed by atoms with Gasteiger partial charge >= 0.3 is 0 Å². The molecule has 1 aromatic heterocycles. The number of fused-ring (bicyclic) bond motifs is 1. The van der Waals surface area contributed by atoms with Gasteiger partial charge in [-0.3, -0.25) is 29.4 Å². The smallest absolute Gasteiger partial charge is 0.272 e. The van der Waals surface area contributed by atoms with Crippen LogP contribution in [0.1, 0.15) is 10.4 Å². The quantitative estimate of drug-likeness (QED) is 0.541. The van der Waals surface area contributed by atoms with Gasteiger partial charge in [-0.2, -0.15) is 0 Å². The second-order valence-corrected chi connectivity index (χ2v) is 5.46. The second-order valence-electron chi connectivity index (χ2n) is 5.46. The van der Waals surface area contributed by atoms with Crippen molar-refractivity contribution >= 4 is 28.3 Å². The molecule has 0 atom stereocenters. The number of aromatic nitrogens is 2. The lowest BCUT2D eigenvalue weighted by atomic mass is 10.1. The van der Waals surface area contributed by atoms with Crippen molar-refractivity contribution in [1.29, 1.82) is 0 Å². The van der Waals surface area contributed by atoms with E-state index in [2.05, 4.69) is 20.8 Å². The summed E-state index contributed by atoms with van der Waals surface area (Å²) in [5, 5.41) is 8.79. The molecular formula is C17H12F2N4O4. The summed E-state index contributed by atoms with van der Waals surface area (Å²) >= 11 is 0. The largest absolute Gasteiger partial charge is 0.343 e. The Kier molecular flexibility index (Phi) is 4.79. The molecule has 0 radical (unpaired) electrons. The molecule has 27 heavy (non-hydrogen) atoms. The van der Waals surface area contributed by atoms with E-state index in [1.165, 1.54) is 18.2 Å². The summed E-state index contributed by atoms with van der Waals surface area (Å²) in [6.07, 6.45) is 0. The highest BCUT2D eigenvalue weighted by atomic mass is 19.1. The number of H-pyrrole nitrogens is 2. The number of anilines is 1. The van der Waals surface area contributed by atoms with Gasteiger partial charge in [0.1, 0.15) is 17.2 Å². The van der Waals surface area contributed by atoms with Crippen LogP contribution in [0.5, 0.6) is 0 Å². The highest BCUT2D eigenvalue weighted by Crippen LogP contribution is 2.16. The first-order valence-corrected chi connectivity index (χ1v) is 7.64. The third-order valence-corrected chi connectivity index (χ3v) is 3.70. The van der Waals surface area contributed by atoms with Crippen LogP contribution in [0.25, 0.3) is 10.8 Å². The Hall–Kier alpha value is -3.82. The molecule has 2 aromatic carbocycles. The van der Waals surface area contributed by atoms with Crippen LogP contribution >= 0.6 is 0 Å². The maximum absolute atomic E-state index is 13.6. The standard InChI is InChI=1S/C17H12F2N4O4/c18-9-4-2-5-10(19)14(9)16(26)20-7-12(24)21-11-6-1-3-8-13(11)17(27)23-22-15(8)25/h1-6H,7H2,(H,20,26)(H,21,24)(H,22,25)(H,23,27). The van der Waals surface area contributed by atoms with Gasteiger partial charge in [0.2, 0.25) is 5.91 Å². The summed E-state index contributed by atoms with van der Waals surface area (Å²) in [6, 6.07) is 7.19. The molecule has 138 valence electrons. The molecule has 0 bridgehead atoms. The Morgan fingerprint density at radius 3 is 2.26 bits per heavy atom. The van der Waals surface area contributed by atoms with Crippen molar-refractivity contribution in [2.75, 3.05) is 11.9 Å². The Morgan fingerprint density at radius 2 is 1.56 bits per heavy atom. The van der Waals surface area contributed by atoms with Crippen LogP contribution in [-0.4, -0.2) is 28.6 Å². The van der Waals surface area contributed by atoms with Gasteiger partial charge in [0.15, 0.2) is 0 Å². The summed E-state index contributed by atoms with van der Waals surface area (Å²) < 4.78 is 27.1. The first-order chi connectivity index (χ1) is 12.9. The van der Waals surface area contributed by atoms with Crippen molar-refractivity contribution in [2.24, 2.45) is 0 Å². The van der Waals surface area contributed by atoms with Crippen molar-refractivity contribution in [2.45, 2.75) is 0 Å². The van der Waals surface area contributed by atoms with Crippen LogP contribution in [0.3, 0.4) is 0 Å². The highest BCUT2D eigenvalue weighted by Gasteiger charge is 2.18. The minimum absolute atomic E-state index is 0.0407. The van der Waals surface area contributed by atoms with Gasteiger partial charge in [-0.25, -0.2) is 8.78 Å². The van der Waals surface area contributed by atoms with Gasteiger partial charge in [0.05, 0.1) is 23.0 Å². The minimum atomic E-state index is -1.10. The number of benzene rings is 2. The first-order valence-electron chi connectivity index (χ1n) is 7.64. The second kappa shape index (κ2) is 7.20. The van der Waals surface area contributed by atoms with E-state index in [9.17, 15) is 28.0 Å². The number of hydrogen-bond acceptors (Lipinski definition) is 4. The molecule has 10 heteroatoms. The van der Waals surface area contributed by atoms with E-state index >= 15 is 0 Å². The van der Waals surface area contributed by atoms with E-state index in [1.807, 2.05) is 0 Å². The summed E-state index contributed by atoms with van der Waals surface area (Å²) in [6.45, 7) is -0.607. The van der Waals surface area contributed by atoms with Gasteiger partial charge in [0, 0.05) is 0 Å². The van der Waals surface area contributed by atoms with Crippen LogP contribution in [-0.2, 0) is 4.79 Å².